The molecule has 1 aromatic heterocycles. The lowest BCUT2D eigenvalue weighted by atomic mass is 10.2. The summed E-state index contributed by atoms with van der Waals surface area (Å²) in [4.78, 5) is 25.7. The number of rotatable bonds is 2. The van der Waals surface area contributed by atoms with Crippen LogP contribution in [0.2, 0.25) is 0 Å². The van der Waals surface area contributed by atoms with Gasteiger partial charge in [0.2, 0.25) is 0 Å². The fraction of sp³-hybridized carbons (Fsp3) is 0.0769. The van der Waals surface area contributed by atoms with Crippen molar-refractivity contribution in [1.82, 2.24) is 4.98 Å². The number of phenolic OH excluding ortho intramolecular Hbond substituents is 1. The van der Waals surface area contributed by atoms with Crippen molar-refractivity contribution in [2.45, 2.75) is 6.92 Å². The van der Waals surface area contributed by atoms with Crippen LogP contribution in [-0.4, -0.2) is 16.0 Å². The average Bonchev–Trinajstić information content (AvgIpc) is 2.34. The number of carbonyl (C=O) groups is 1. The first-order chi connectivity index (χ1) is 8.58. The second-order valence-corrected chi connectivity index (χ2v) is 3.87. The Bertz CT molecular complexity index is 647. The lowest BCUT2D eigenvalue weighted by Gasteiger charge is -2.06. The van der Waals surface area contributed by atoms with Gasteiger partial charge in [-0.3, -0.25) is 9.59 Å². The summed E-state index contributed by atoms with van der Waals surface area (Å²) in [5.74, 6) is -0.326. The van der Waals surface area contributed by atoms with Gasteiger partial charge in [-0.05, 0) is 42.8 Å². The van der Waals surface area contributed by atoms with Gasteiger partial charge >= 0.3 is 0 Å². The van der Waals surface area contributed by atoms with Gasteiger partial charge in [-0.25, -0.2) is 0 Å². The van der Waals surface area contributed by atoms with Crippen molar-refractivity contribution in [3.8, 4) is 5.75 Å². The number of hydrogen-bond acceptors (Lipinski definition) is 3. The molecule has 92 valence electrons. The summed E-state index contributed by atoms with van der Waals surface area (Å²) < 4.78 is 0. The Morgan fingerprint density at radius 3 is 2.78 bits per heavy atom. The quantitative estimate of drug-likeness (QED) is 0.702. The highest BCUT2D eigenvalue weighted by atomic mass is 16.3. The summed E-state index contributed by atoms with van der Waals surface area (Å²) in [5.41, 5.74) is 0.780. The standard InChI is InChI=1S/C13H12N2O3/c1-8-7-9(4-5-11(8)16)15-13(18)10-3-2-6-14-12(10)17/h2-7,16H,1H3,(H,14,17)(H,15,18). The molecule has 1 amide bonds. The van der Waals surface area contributed by atoms with E-state index >= 15 is 0 Å². The number of hydrogen-bond donors (Lipinski definition) is 3. The van der Waals surface area contributed by atoms with E-state index < -0.39 is 11.5 Å². The number of carbonyl (C=O) groups excluding carboxylic acids is 1. The van der Waals surface area contributed by atoms with Gasteiger partial charge in [0, 0.05) is 11.9 Å². The van der Waals surface area contributed by atoms with Crippen molar-refractivity contribution in [3.63, 3.8) is 0 Å². The van der Waals surface area contributed by atoms with Crippen molar-refractivity contribution in [2.24, 2.45) is 0 Å². The van der Waals surface area contributed by atoms with Crippen LogP contribution in [0.3, 0.4) is 0 Å². The number of aromatic nitrogens is 1. The summed E-state index contributed by atoms with van der Waals surface area (Å²) >= 11 is 0. The number of aromatic amines is 1. The van der Waals surface area contributed by atoms with Crippen molar-refractivity contribution in [1.29, 1.82) is 0 Å². The second-order valence-electron chi connectivity index (χ2n) is 3.87. The first-order valence-corrected chi connectivity index (χ1v) is 5.36. The van der Waals surface area contributed by atoms with Crippen LogP contribution in [0.1, 0.15) is 15.9 Å². The molecule has 5 heteroatoms. The fourth-order valence-electron chi connectivity index (χ4n) is 1.53. The fourth-order valence-corrected chi connectivity index (χ4v) is 1.53. The number of amides is 1. The second kappa shape index (κ2) is 4.75. The lowest BCUT2D eigenvalue weighted by molar-refractivity contribution is 0.102. The third kappa shape index (κ3) is 2.40. The van der Waals surface area contributed by atoms with E-state index in [1.54, 1.807) is 25.1 Å². The van der Waals surface area contributed by atoms with Crippen LogP contribution in [-0.2, 0) is 0 Å². The third-order valence-electron chi connectivity index (χ3n) is 2.52. The summed E-state index contributed by atoms with van der Waals surface area (Å²) in [6.45, 7) is 1.72. The SMILES string of the molecule is Cc1cc(NC(=O)c2ccc[nH]c2=O)ccc1O. The van der Waals surface area contributed by atoms with E-state index in [0.29, 0.717) is 11.3 Å². The maximum absolute atomic E-state index is 11.8. The van der Waals surface area contributed by atoms with Crippen LogP contribution in [0.25, 0.3) is 0 Å². The van der Waals surface area contributed by atoms with E-state index in [2.05, 4.69) is 10.3 Å². The molecule has 2 aromatic rings. The zero-order valence-corrected chi connectivity index (χ0v) is 9.73. The lowest BCUT2D eigenvalue weighted by Crippen LogP contribution is -2.22. The van der Waals surface area contributed by atoms with E-state index in [0.717, 1.165) is 0 Å². The molecule has 5 nitrogen and oxygen atoms in total. The van der Waals surface area contributed by atoms with Crippen molar-refractivity contribution >= 4 is 11.6 Å². The van der Waals surface area contributed by atoms with Gasteiger partial charge in [0.05, 0.1) is 0 Å². The van der Waals surface area contributed by atoms with Crippen molar-refractivity contribution in [2.75, 3.05) is 5.32 Å². The molecular weight excluding hydrogens is 232 g/mol. The van der Waals surface area contributed by atoms with E-state index in [-0.39, 0.29) is 11.3 Å². The minimum absolute atomic E-state index is 0.0447. The summed E-state index contributed by atoms with van der Waals surface area (Å²) in [6, 6.07) is 7.71. The Hall–Kier alpha value is -2.56. The smallest absolute Gasteiger partial charge is 0.261 e. The van der Waals surface area contributed by atoms with Gasteiger partial charge in [-0.2, -0.15) is 0 Å². The molecule has 1 aromatic carbocycles. The summed E-state index contributed by atoms with van der Waals surface area (Å²) in [7, 11) is 0. The van der Waals surface area contributed by atoms with E-state index in [9.17, 15) is 14.7 Å². The number of nitrogens with one attached hydrogen (secondary N) is 2. The van der Waals surface area contributed by atoms with Crippen LogP contribution in [0.5, 0.6) is 5.75 Å². The number of phenols is 1. The van der Waals surface area contributed by atoms with Crippen LogP contribution in [0, 0.1) is 6.92 Å². The molecule has 3 N–H and O–H groups in total. The Morgan fingerprint density at radius 1 is 1.33 bits per heavy atom. The topological polar surface area (TPSA) is 82.2 Å². The van der Waals surface area contributed by atoms with Gasteiger partial charge in [0.25, 0.3) is 11.5 Å². The normalized spacial score (nSPS) is 10.1. The predicted octanol–water partition coefficient (Wildman–Crippen LogP) is 1.64. The number of pyridine rings is 1. The average molecular weight is 244 g/mol. The third-order valence-corrected chi connectivity index (χ3v) is 2.52. The monoisotopic (exact) mass is 244 g/mol. The number of benzene rings is 1. The number of anilines is 1. The number of aryl methyl sites for hydroxylation is 1. The summed E-state index contributed by atoms with van der Waals surface area (Å²) in [6.07, 6.45) is 1.46. The van der Waals surface area contributed by atoms with Crippen LogP contribution >= 0.6 is 0 Å². The first-order valence-electron chi connectivity index (χ1n) is 5.36. The van der Waals surface area contributed by atoms with Gasteiger partial charge in [-0.15, -0.1) is 0 Å². The first kappa shape index (κ1) is 11.9. The van der Waals surface area contributed by atoms with Crippen LogP contribution < -0.4 is 10.9 Å². The molecule has 0 saturated heterocycles. The van der Waals surface area contributed by atoms with E-state index in [1.807, 2.05) is 0 Å². The van der Waals surface area contributed by atoms with Gasteiger partial charge < -0.3 is 15.4 Å². The zero-order chi connectivity index (χ0) is 13.1. The zero-order valence-electron chi connectivity index (χ0n) is 9.73. The number of aromatic hydroxyl groups is 1. The molecule has 2 rings (SSSR count). The molecule has 18 heavy (non-hydrogen) atoms. The molecule has 0 radical (unpaired) electrons. The molecule has 0 aliphatic heterocycles. The molecule has 0 saturated carbocycles. The van der Waals surface area contributed by atoms with Crippen LogP contribution in [0.15, 0.2) is 41.3 Å². The summed E-state index contributed by atoms with van der Waals surface area (Å²) in [5, 5.41) is 12.0. The Balaban J connectivity index is 2.24. The highest BCUT2D eigenvalue weighted by molar-refractivity contribution is 6.04. The van der Waals surface area contributed by atoms with Crippen LogP contribution in [0.4, 0.5) is 5.69 Å². The minimum Gasteiger partial charge on any atom is -0.508 e. The Morgan fingerprint density at radius 2 is 2.11 bits per heavy atom. The van der Waals surface area contributed by atoms with E-state index in [4.69, 9.17) is 0 Å². The maximum atomic E-state index is 11.8. The Labute approximate surface area is 103 Å². The highest BCUT2D eigenvalue weighted by Crippen LogP contribution is 2.20. The highest BCUT2D eigenvalue weighted by Gasteiger charge is 2.10. The molecule has 0 spiro atoms. The van der Waals surface area contributed by atoms with Crippen molar-refractivity contribution < 1.29 is 9.90 Å². The molecule has 0 unspecified atom stereocenters. The van der Waals surface area contributed by atoms with Crippen molar-refractivity contribution in [3.05, 3.63) is 58.0 Å². The van der Waals surface area contributed by atoms with Gasteiger partial charge in [-0.1, -0.05) is 0 Å². The predicted molar refractivity (Wildman–Crippen MR) is 67.9 cm³/mol. The molecule has 0 bridgehead atoms. The number of H-pyrrole nitrogens is 1. The molecule has 0 aliphatic carbocycles. The minimum atomic E-state index is -0.484. The molecule has 0 fully saturated rings. The Kier molecular flexibility index (Phi) is 3.14. The molecule has 1 heterocycles. The molecule has 0 aliphatic rings. The van der Waals surface area contributed by atoms with Gasteiger partial charge in [0.15, 0.2) is 0 Å². The largest absolute Gasteiger partial charge is 0.508 e. The van der Waals surface area contributed by atoms with Gasteiger partial charge in [0.1, 0.15) is 11.3 Å². The maximum Gasteiger partial charge on any atom is 0.261 e. The van der Waals surface area contributed by atoms with E-state index in [1.165, 1.54) is 18.3 Å². The molecular formula is C13H12N2O3. The molecule has 0 atom stereocenters.